The largest absolute Gasteiger partial charge is 0.505 e. The molecule has 67 heavy (non-hydrogen) atoms. The maximum Gasteiger partial charge on any atom is 0.338 e. The van der Waals surface area contributed by atoms with Gasteiger partial charge in [-0.25, -0.2) is 14.4 Å². The van der Waals surface area contributed by atoms with Crippen LogP contribution in [0.5, 0.6) is 0 Å². The Morgan fingerprint density at radius 2 is 1.30 bits per heavy atom. The van der Waals surface area contributed by atoms with Crippen molar-refractivity contribution < 1.29 is 75.4 Å². The number of aliphatic hydroxyl groups excluding tert-OH is 3. The summed E-state index contributed by atoms with van der Waals surface area (Å²) in [7, 11) is -9.93. The van der Waals surface area contributed by atoms with E-state index in [0.29, 0.717) is 29.9 Å². The van der Waals surface area contributed by atoms with Crippen LogP contribution >= 0.6 is 0 Å². The van der Waals surface area contributed by atoms with Crippen LogP contribution in [-0.2, 0) is 44.2 Å². The lowest BCUT2D eigenvalue weighted by Gasteiger charge is -2.14. The van der Waals surface area contributed by atoms with E-state index in [2.05, 4.69) is 36.1 Å². The number of rotatable bonds is 13. The molecule has 3 atom stereocenters. The number of allylic oxidation sites excluding steroid dienone is 6. The Bertz CT molecular complexity index is 3070. The van der Waals surface area contributed by atoms with Gasteiger partial charge < -0.3 is 30.3 Å². The molecule has 0 unspecified atom stereocenters. The Labute approximate surface area is 374 Å². The highest BCUT2D eigenvalue weighted by Crippen LogP contribution is 2.30. The topological polar surface area (TPSA) is 440 Å². The maximum atomic E-state index is 12.2. The molecule has 1 aliphatic heterocycles. The molecule has 2 aliphatic carbocycles. The fourth-order valence-corrected chi connectivity index (χ4v) is 7.56. The van der Waals surface area contributed by atoms with Gasteiger partial charge in [-0.15, -0.1) is 0 Å². The van der Waals surface area contributed by atoms with Gasteiger partial charge in [0.1, 0.15) is 39.0 Å². The first-order valence-electron chi connectivity index (χ1n) is 18.4. The molecule has 2 aromatic carbocycles. The zero-order chi connectivity index (χ0) is 49.5. The molecule has 2 heterocycles. The molecule has 10 N–H and O–H groups in total. The number of nitrogens with zero attached hydrogens (tertiary/aromatic N) is 6. The van der Waals surface area contributed by atoms with Gasteiger partial charge >= 0.3 is 17.6 Å². The molecule has 1 fully saturated rings. The highest BCUT2D eigenvalue weighted by molar-refractivity contribution is 7.86. The smallest absolute Gasteiger partial charge is 0.338 e. The van der Waals surface area contributed by atoms with E-state index in [4.69, 9.17) is 15.4 Å². The molecule has 0 amide bonds. The highest BCUT2D eigenvalue weighted by Gasteiger charge is 2.36. The van der Waals surface area contributed by atoms with Crippen molar-refractivity contribution in [3.63, 3.8) is 0 Å². The second-order valence-electron chi connectivity index (χ2n) is 13.8. The minimum atomic E-state index is -4.96. The molecule has 1 saturated heterocycles. The molecule has 3 aliphatic rings. The molecular formula is C38H33N9O18S2. The number of carboxylic acid groups (broad SMARTS) is 2. The minimum Gasteiger partial charge on any atom is -0.505 e. The van der Waals surface area contributed by atoms with Crippen LogP contribution in [0.25, 0.3) is 22.6 Å². The number of aromatic amines is 1. The molecule has 350 valence electrons. The van der Waals surface area contributed by atoms with Gasteiger partial charge in [-0.3, -0.25) is 43.9 Å². The Hall–Kier alpha value is -8.31. The first-order chi connectivity index (χ1) is 31.4. The summed E-state index contributed by atoms with van der Waals surface area (Å²) in [5, 5.41) is 58.7. The van der Waals surface area contributed by atoms with Crippen molar-refractivity contribution in [3.8, 4) is 0 Å². The monoisotopic (exact) mass is 967 g/mol. The first kappa shape index (κ1) is 49.7. The van der Waals surface area contributed by atoms with E-state index in [1.54, 1.807) is 6.92 Å². The number of aryl methyl sites for hydroxylation is 1. The molecule has 0 bridgehead atoms. The van der Waals surface area contributed by atoms with E-state index in [9.17, 15) is 75.1 Å². The standard InChI is InChI=1S/C28H20N4O14S2.C10H13N5O4/c33-17-9-19(27(37)38)25(21(35)11-17)31-29-15-5-3-13(23(7-15)47(41,42)43)1-2-14-4-6-16(8-24(14)48(44,45)46)30-32-26-20(28(39)40)10-18(34)12-22(26)36;1-5-3-15(10(18)12-9(5)17)8-2-6(13-14-11)7(4-16)19-8/h1-12,29-30,35-36H,(H,37,38)(H,39,40)(H,41,42,43)(H,44,45,46);3,6-8,16H,2,4H2,1H3,(H,12,17,18)/b2-1+,31-25-,32-26+;/t;6-,7+,8+/m.0/s1. The number of H-pyrrole nitrogens is 1. The average Bonchev–Trinajstić information content (AvgIpc) is 3.65. The summed E-state index contributed by atoms with van der Waals surface area (Å²) >= 11 is 0. The van der Waals surface area contributed by atoms with E-state index in [1.807, 2.05) is 0 Å². The average molecular weight is 968 g/mol. The van der Waals surface area contributed by atoms with Crippen molar-refractivity contribution in [2.75, 3.05) is 17.5 Å². The van der Waals surface area contributed by atoms with Crippen LogP contribution in [0.4, 0.5) is 11.4 Å². The number of anilines is 2. The van der Waals surface area contributed by atoms with Crippen molar-refractivity contribution in [2.24, 2.45) is 15.3 Å². The number of aromatic nitrogens is 2. The zero-order valence-corrected chi connectivity index (χ0v) is 35.4. The predicted octanol–water partition coefficient (Wildman–Crippen LogP) is 1.76. The Morgan fingerprint density at radius 1 is 0.836 bits per heavy atom. The van der Waals surface area contributed by atoms with Crippen LogP contribution < -0.4 is 22.1 Å². The van der Waals surface area contributed by atoms with Crippen LogP contribution in [-0.4, -0.2) is 115 Å². The second kappa shape index (κ2) is 20.2. The first-order valence-corrected chi connectivity index (χ1v) is 21.3. The van der Waals surface area contributed by atoms with Gasteiger partial charge in [0.15, 0.2) is 11.6 Å². The summed E-state index contributed by atoms with van der Waals surface area (Å²) in [5.41, 5.74) is 9.27. The van der Waals surface area contributed by atoms with Gasteiger partial charge in [0.2, 0.25) is 0 Å². The van der Waals surface area contributed by atoms with E-state index in [-0.39, 0.29) is 35.5 Å². The SMILES string of the molecule is Cc1cn([C@H]2C[C@H](N=[N+]=[N-])[C@@H](CO)O2)c(=O)[nH]c1=O.O=C1C=C(O)/C(=N\Nc2ccc(/C=C/c3ccc(N/N=C4/C(O)=CC(=O)C=C4C(=O)O)cc3S(=O)(=O)O)c(S(=O)(=O)O)c2)C(C(=O)O)=C1. The summed E-state index contributed by atoms with van der Waals surface area (Å²) in [6.45, 7) is 1.26. The number of aliphatic hydroxyl groups is 3. The third kappa shape index (κ3) is 12.1. The van der Waals surface area contributed by atoms with Gasteiger partial charge in [-0.2, -0.15) is 27.0 Å². The number of azide groups is 1. The second-order valence-corrected chi connectivity index (χ2v) is 16.6. The fraction of sp³-hybridized carbons (Fsp3) is 0.158. The number of carbonyl (C=O) groups excluding carboxylic acids is 2. The molecule has 1 aromatic heterocycles. The normalized spacial score (nSPS) is 19.7. The molecule has 27 nitrogen and oxygen atoms in total. The summed E-state index contributed by atoms with van der Waals surface area (Å²) in [5.74, 6) is -6.37. The van der Waals surface area contributed by atoms with Gasteiger partial charge in [0, 0.05) is 47.4 Å². The van der Waals surface area contributed by atoms with Crippen LogP contribution in [0.2, 0.25) is 0 Å². The number of ketones is 2. The molecule has 6 rings (SSSR count). The summed E-state index contributed by atoms with van der Waals surface area (Å²) < 4.78 is 75.1. The van der Waals surface area contributed by atoms with E-state index < -0.39 is 117 Å². The third-order valence-corrected chi connectivity index (χ3v) is 11.1. The highest BCUT2D eigenvalue weighted by atomic mass is 32.2. The van der Waals surface area contributed by atoms with Crippen LogP contribution in [0.3, 0.4) is 0 Å². The van der Waals surface area contributed by atoms with Crippen molar-refractivity contribution in [1.82, 2.24) is 9.55 Å². The van der Waals surface area contributed by atoms with E-state index >= 15 is 0 Å². The fourth-order valence-electron chi connectivity index (χ4n) is 6.14. The number of hydrazone groups is 2. The van der Waals surface area contributed by atoms with Crippen molar-refractivity contribution in [2.45, 2.75) is 41.5 Å². The molecule has 29 heteroatoms. The minimum absolute atomic E-state index is 0.138. The number of hydrogen-bond acceptors (Lipinski definition) is 19. The van der Waals surface area contributed by atoms with Crippen LogP contribution in [0.1, 0.15) is 29.3 Å². The Balaban J connectivity index is 0.000000367. The Kier molecular flexibility index (Phi) is 15.0. The van der Waals surface area contributed by atoms with Crippen molar-refractivity contribution in [1.29, 1.82) is 0 Å². The third-order valence-electron chi connectivity index (χ3n) is 9.25. The van der Waals surface area contributed by atoms with Crippen LogP contribution in [0, 0.1) is 6.92 Å². The molecule has 0 spiro atoms. The lowest BCUT2D eigenvalue weighted by Crippen LogP contribution is -2.33. The predicted molar refractivity (Wildman–Crippen MR) is 231 cm³/mol. The number of aliphatic carboxylic acids is 2. The number of carboxylic acids is 2. The lowest BCUT2D eigenvalue weighted by molar-refractivity contribution is -0.133. The lowest BCUT2D eigenvalue weighted by atomic mass is 10.0. The van der Waals surface area contributed by atoms with E-state index in [0.717, 1.165) is 36.4 Å². The summed E-state index contributed by atoms with van der Waals surface area (Å²) in [6.07, 6.45) is 5.27. The number of benzene rings is 2. The summed E-state index contributed by atoms with van der Waals surface area (Å²) in [4.78, 5) is 72.4. The number of hydrogen-bond donors (Lipinski definition) is 10. The zero-order valence-electron chi connectivity index (χ0n) is 33.8. The molecule has 0 radical (unpaired) electrons. The van der Waals surface area contributed by atoms with E-state index in [1.165, 1.54) is 22.9 Å². The number of nitrogens with one attached hydrogen (secondary N) is 3. The molecule has 0 saturated carbocycles. The van der Waals surface area contributed by atoms with Gasteiger partial charge in [0.25, 0.3) is 25.8 Å². The molecule has 3 aromatic rings. The summed E-state index contributed by atoms with van der Waals surface area (Å²) in [6, 6.07) is 5.91. The van der Waals surface area contributed by atoms with Gasteiger partial charge in [-0.05, 0) is 47.8 Å². The van der Waals surface area contributed by atoms with Crippen molar-refractivity contribution >= 4 is 78.7 Å². The molecular weight excluding hydrogens is 935 g/mol. The van der Waals surface area contributed by atoms with Crippen LogP contribution in [0.15, 0.2) is 124 Å². The number of carbonyl (C=O) groups is 4. The Morgan fingerprint density at radius 3 is 1.70 bits per heavy atom. The van der Waals surface area contributed by atoms with Gasteiger partial charge in [0.05, 0.1) is 41.3 Å². The van der Waals surface area contributed by atoms with Crippen molar-refractivity contribution in [3.05, 3.63) is 138 Å². The number of ether oxygens (including phenoxy) is 1. The quantitative estimate of drug-likeness (QED) is 0.0222. The maximum absolute atomic E-state index is 12.2. The van der Waals surface area contributed by atoms with Gasteiger partial charge in [-0.1, -0.05) is 29.4 Å².